The first-order valence-electron chi connectivity index (χ1n) is 10.6. The Kier molecular flexibility index (Phi) is 5.34. The topological polar surface area (TPSA) is 91.8 Å². The largest absolute Gasteiger partial charge is 0.300 e. The van der Waals surface area contributed by atoms with Gasteiger partial charge in [-0.15, -0.1) is 0 Å². The van der Waals surface area contributed by atoms with Crippen LogP contribution in [0, 0.1) is 5.92 Å². The van der Waals surface area contributed by atoms with E-state index in [0.717, 1.165) is 9.80 Å². The van der Waals surface area contributed by atoms with Gasteiger partial charge in [0.2, 0.25) is 11.8 Å². The smallest absolute Gasteiger partial charge is 0.293 e. The van der Waals surface area contributed by atoms with Crippen LogP contribution in [0.2, 0.25) is 5.02 Å². The van der Waals surface area contributed by atoms with E-state index < -0.39 is 41.2 Å². The Labute approximate surface area is 199 Å². The minimum Gasteiger partial charge on any atom is -0.293 e. The molecule has 2 aliphatic heterocycles. The highest BCUT2D eigenvalue weighted by Crippen LogP contribution is 2.38. The van der Waals surface area contributed by atoms with Crippen LogP contribution in [0.5, 0.6) is 0 Å². The van der Waals surface area contributed by atoms with Crippen LogP contribution in [0.1, 0.15) is 27.1 Å². The fourth-order valence-corrected chi connectivity index (χ4v) is 4.63. The molecule has 8 heteroatoms. The summed E-state index contributed by atoms with van der Waals surface area (Å²) in [6, 6.07) is 19.3. The molecule has 0 bridgehead atoms. The van der Waals surface area contributed by atoms with Crippen molar-refractivity contribution in [3.63, 3.8) is 0 Å². The predicted octanol–water partition coefficient (Wildman–Crippen LogP) is 3.70. The number of anilines is 2. The highest BCUT2D eigenvalue weighted by atomic mass is 35.5. The van der Waals surface area contributed by atoms with Crippen LogP contribution in [0.4, 0.5) is 11.4 Å². The van der Waals surface area contributed by atoms with E-state index in [4.69, 9.17) is 11.6 Å². The van der Waals surface area contributed by atoms with Crippen molar-refractivity contribution < 1.29 is 24.0 Å². The van der Waals surface area contributed by atoms with Crippen molar-refractivity contribution in [2.75, 3.05) is 9.80 Å². The van der Waals surface area contributed by atoms with Crippen LogP contribution in [-0.2, 0) is 14.4 Å². The van der Waals surface area contributed by atoms with Gasteiger partial charge in [0.05, 0.1) is 22.9 Å². The van der Waals surface area contributed by atoms with Crippen LogP contribution in [0.3, 0.4) is 0 Å². The Morgan fingerprint density at radius 2 is 1.50 bits per heavy atom. The molecule has 7 nitrogen and oxygen atoms in total. The second kappa shape index (κ2) is 8.35. The molecule has 0 saturated carbocycles. The lowest BCUT2D eigenvalue weighted by Crippen LogP contribution is -2.51. The number of hydrogen-bond donors (Lipinski definition) is 0. The van der Waals surface area contributed by atoms with Gasteiger partial charge >= 0.3 is 0 Å². The van der Waals surface area contributed by atoms with Gasteiger partial charge in [0.25, 0.3) is 11.7 Å². The molecule has 2 heterocycles. The Hall–Kier alpha value is -4.10. The van der Waals surface area contributed by atoms with Gasteiger partial charge in [-0.3, -0.25) is 33.8 Å². The Bertz CT molecular complexity index is 1350. The molecule has 2 aliphatic rings. The maximum absolute atomic E-state index is 13.7. The maximum atomic E-state index is 13.7. The van der Waals surface area contributed by atoms with Crippen molar-refractivity contribution in [3.05, 3.63) is 95.0 Å². The molecule has 1 fully saturated rings. The third-order valence-corrected chi connectivity index (χ3v) is 6.33. The molecule has 1 saturated heterocycles. The lowest BCUT2D eigenvalue weighted by atomic mass is 9.89. The molecular weight excluding hydrogens is 456 g/mol. The van der Waals surface area contributed by atoms with Crippen molar-refractivity contribution in [3.8, 4) is 0 Å². The monoisotopic (exact) mass is 472 g/mol. The van der Waals surface area contributed by atoms with Gasteiger partial charge in [0.15, 0.2) is 5.78 Å². The second-order valence-electron chi connectivity index (χ2n) is 8.05. The standard InChI is InChI=1S/C26H17ClN2O5/c27-16-10-12-17(13-11-16)28-21(30)14-19(25(28)33)22(23(31)15-6-2-1-3-7-15)29-20-9-5-4-8-18(20)24(32)26(29)34/h1-13,19,22H,14H2/t19-,22+/m1/s1. The van der Waals surface area contributed by atoms with Crippen LogP contribution < -0.4 is 9.80 Å². The summed E-state index contributed by atoms with van der Waals surface area (Å²) >= 11 is 5.93. The number of amides is 3. The average Bonchev–Trinajstić information content (AvgIpc) is 3.28. The number of benzene rings is 3. The fraction of sp³-hybridized carbons (Fsp3) is 0.115. The van der Waals surface area contributed by atoms with Crippen LogP contribution in [0.25, 0.3) is 0 Å². The zero-order chi connectivity index (χ0) is 24.0. The average molecular weight is 473 g/mol. The van der Waals surface area contributed by atoms with Crippen LogP contribution in [-0.4, -0.2) is 35.3 Å². The molecular formula is C26H17ClN2O5. The van der Waals surface area contributed by atoms with Crippen molar-refractivity contribution in [1.82, 2.24) is 0 Å². The van der Waals surface area contributed by atoms with E-state index in [2.05, 4.69) is 0 Å². The quantitative estimate of drug-likeness (QED) is 0.321. The highest BCUT2D eigenvalue weighted by Gasteiger charge is 2.52. The molecule has 0 aliphatic carbocycles. The lowest BCUT2D eigenvalue weighted by Gasteiger charge is -2.30. The number of imide groups is 1. The third kappa shape index (κ3) is 3.41. The van der Waals surface area contributed by atoms with E-state index in [1.807, 2.05) is 0 Å². The van der Waals surface area contributed by atoms with Crippen LogP contribution in [0.15, 0.2) is 78.9 Å². The van der Waals surface area contributed by atoms with Crippen molar-refractivity contribution in [1.29, 1.82) is 0 Å². The first-order valence-corrected chi connectivity index (χ1v) is 10.9. The molecule has 3 aromatic carbocycles. The fourth-order valence-electron chi connectivity index (χ4n) is 4.50. The summed E-state index contributed by atoms with van der Waals surface area (Å²) < 4.78 is 0. The summed E-state index contributed by atoms with van der Waals surface area (Å²) in [6.07, 6.45) is -0.287. The van der Waals surface area contributed by atoms with Gasteiger partial charge in [-0.05, 0) is 36.4 Å². The van der Waals surface area contributed by atoms with Crippen molar-refractivity contribution in [2.45, 2.75) is 12.5 Å². The van der Waals surface area contributed by atoms with Gasteiger partial charge in [-0.25, -0.2) is 0 Å². The summed E-state index contributed by atoms with van der Waals surface area (Å²) in [4.78, 5) is 68.0. The van der Waals surface area contributed by atoms with Gasteiger partial charge in [0, 0.05) is 17.0 Å². The molecule has 5 rings (SSSR count). The van der Waals surface area contributed by atoms with E-state index in [9.17, 15) is 24.0 Å². The lowest BCUT2D eigenvalue weighted by molar-refractivity contribution is -0.122. The van der Waals surface area contributed by atoms with Crippen molar-refractivity contribution >= 4 is 52.3 Å². The summed E-state index contributed by atoms with van der Waals surface area (Å²) in [5.74, 6) is -4.48. The zero-order valence-electron chi connectivity index (χ0n) is 17.7. The van der Waals surface area contributed by atoms with E-state index in [0.29, 0.717) is 10.7 Å². The third-order valence-electron chi connectivity index (χ3n) is 6.07. The maximum Gasteiger partial charge on any atom is 0.300 e. The first kappa shape index (κ1) is 21.7. The Balaban J connectivity index is 1.61. The summed E-state index contributed by atoms with van der Waals surface area (Å²) in [7, 11) is 0. The van der Waals surface area contributed by atoms with E-state index in [1.54, 1.807) is 60.7 Å². The summed E-state index contributed by atoms with van der Waals surface area (Å²) in [6.45, 7) is 0. The molecule has 34 heavy (non-hydrogen) atoms. The Morgan fingerprint density at radius 3 is 2.21 bits per heavy atom. The summed E-state index contributed by atoms with van der Waals surface area (Å²) in [5.41, 5.74) is 0.987. The predicted molar refractivity (Wildman–Crippen MR) is 125 cm³/mol. The van der Waals surface area contributed by atoms with Gasteiger partial charge in [-0.2, -0.15) is 0 Å². The van der Waals surface area contributed by atoms with E-state index in [1.165, 1.54) is 18.2 Å². The molecule has 0 aromatic heterocycles. The normalized spacial score (nSPS) is 18.4. The first-order chi connectivity index (χ1) is 16.4. The van der Waals surface area contributed by atoms with Gasteiger partial charge in [0.1, 0.15) is 6.04 Å². The Morgan fingerprint density at radius 1 is 0.853 bits per heavy atom. The summed E-state index contributed by atoms with van der Waals surface area (Å²) in [5, 5.41) is 0.439. The number of carbonyl (C=O) groups is 5. The number of hydrogen-bond acceptors (Lipinski definition) is 5. The van der Waals surface area contributed by atoms with E-state index >= 15 is 0 Å². The molecule has 0 unspecified atom stereocenters. The number of carbonyl (C=O) groups excluding carboxylic acids is 5. The molecule has 3 aromatic rings. The number of halogens is 1. The number of Topliss-reactive ketones (excluding diaryl/α,β-unsaturated/α-hetero) is 2. The van der Waals surface area contributed by atoms with E-state index in [-0.39, 0.29) is 23.2 Å². The number of rotatable bonds is 5. The zero-order valence-corrected chi connectivity index (χ0v) is 18.4. The molecule has 168 valence electrons. The number of nitrogens with zero attached hydrogens (tertiary/aromatic N) is 2. The number of ketones is 2. The molecule has 0 radical (unpaired) electrons. The highest BCUT2D eigenvalue weighted by molar-refractivity contribution is 6.53. The van der Waals surface area contributed by atoms with Crippen LogP contribution >= 0.6 is 11.6 Å². The SMILES string of the molecule is O=C1C(=O)N([C@H](C(=O)c2ccccc2)[C@H]2CC(=O)N(c3ccc(Cl)cc3)C2=O)c2ccccc21. The van der Waals surface area contributed by atoms with Gasteiger partial charge in [-0.1, -0.05) is 54.1 Å². The molecule has 0 spiro atoms. The minimum absolute atomic E-state index is 0.157. The van der Waals surface area contributed by atoms with Gasteiger partial charge < -0.3 is 0 Å². The van der Waals surface area contributed by atoms with Crippen molar-refractivity contribution in [2.24, 2.45) is 5.92 Å². The molecule has 2 atom stereocenters. The minimum atomic E-state index is -1.36. The number of para-hydroxylation sites is 1. The molecule has 0 N–H and O–H groups in total. The molecule has 3 amide bonds. The number of fused-ring (bicyclic) bond motifs is 1. The second-order valence-corrected chi connectivity index (χ2v) is 8.49.